The predicted molar refractivity (Wildman–Crippen MR) is 99.2 cm³/mol. The van der Waals surface area contributed by atoms with E-state index in [1.165, 1.54) is 11.1 Å². The zero-order valence-corrected chi connectivity index (χ0v) is 14.7. The highest BCUT2D eigenvalue weighted by atomic mass is 16.5. The lowest BCUT2D eigenvalue weighted by atomic mass is 9.87. The van der Waals surface area contributed by atoms with E-state index in [2.05, 4.69) is 28.8 Å². The van der Waals surface area contributed by atoms with Crippen molar-refractivity contribution in [1.29, 1.82) is 0 Å². The smallest absolute Gasteiger partial charge is 0.239 e. The number of amides is 1. The lowest BCUT2D eigenvalue weighted by molar-refractivity contribution is -0.125. The molecule has 2 aromatic rings. The summed E-state index contributed by atoms with van der Waals surface area (Å²) in [5.74, 6) is -0.00253. The third-order valence-electron chi connectivity index (χ3n) is 4.75. The Bertz CT molecular complexity index is 687. The van der Waals surface area contributed by atoms with E-state index in [-0.39, 0.29) is 18.0 Å². The Labute approximate surface area is 149 Å². The molecule has 0 radical (unpaired) electrons. The van der Waals surface area contributed by atoms with E-state index in [0.29, 0.717) is 13.2 Å². The van der Waals surface area contributed by atoms with Crippen molar-refractivity contribution in [1.82, 2.24) is 10.6 Å². The number of fused-ring (bicyclic) bond motifs is 1. The number of benzene rings is 2. The van der Waals surface area contributed by atoms with Gasteiger partial charge in [-0.2, -0.15) is 0 Å². The minimum atomic E-state index is -0.349. The average molecular weight is 338 g/mol. The molecule has 132 valence electrons. The minimum absolute atomic E-state index is 0.00253. The molecule has 0 aliphatic heterocycles. The Balaban J connectivity index is 1.54. The first-order chi connectivity index (χ1) is 12.3. The maximum Gasteiger partial charge on any atom is 0.239 e. The van der Waals surface area contributed by atoms with Gasteiger partial charge >= 0.3 is 0 Å². The molecule has 1 unspecified atom stereocenters. The van der Waals surface area contributed by atoms with Crippen LogP contribution in [0.4, 0.5) is 0 Å². The third-order valence-corrected chi connectivity index (χ3v) is 4.75. The lowest BCUT2D eigenvalue weighted by Gasteiger charge is -2.28. The van der Waals surface area contributed by atoms with Crippen LogP contribution in [0.5, 0.6) is 0 Å². The number of nitrogens with one attached hydrogen (secondary N) is 2. The summed E-state index contributed by atoms with van der Waals surface area (Å²) >= 11 is 0. The monoisotopic (exact) mass is 338 g/mol. The number of hydrogen-bond donors (Lipinski definition) is 2. The van der Waals surface area contributed by atoms with Gasteiger partial charge in [0.15, 0.2) is 0 Å². The summed E-state index contributed by atoms with van der Waals surface area (Å²) in [5, 5.41) is 6.26. The standard InChI is InChI=1S/C21H26N2O2/c1-22-20(15-25-14-16-8-3-2-4-9-16)21(24)23-19-13-7-11-17-10-5-6-12-18(17)19/h2-6,8-10,12,19-20,22H,7,11,13-15H2,1H3,(H,23,24)/t19?,20-/m0/s1. The van der Waals surface area contributed by atoms with Crippen molar-refractivity contribution in [3.8, 4) is 0 Å². The summed E-state index contributed by atoms with van der Waals surface area (Å²) in [7, 11) is 1.80. The molecule has 1 amide bonds. The van der Waals surface area contributed by atoms with Crippen LogP contribution < -0.4 is 10.6 Å². The van der Waals surface area contributed by atoms with Crippen LogP contribution in [0.2, 0.25) is 0 Å². The average Bonchev–Trinajstić information content (AvgIpc) is 2.66. The molecule has 0 saturated carbocycles. The van der Waals surface area contributed by atoms with Gasteiger partial charge in [-0.15, -0.1) is 0 Å². The molecule has 0 heterocycles. The number of rotatable bonds is 7. The molecule has 2 atom stereocenters. The number of likely N-dealkylation sites (N-methyl/N-ethyl adjacent to an activating group) is 1. The van der Waals surface area contributed by atoms with Crippen molar-refractivity contribution in [2.24, 2.45) is 0 Å². The molecule has 25 heavy (non-hydrogen) atoms. The van der Waals surface area contributed by atoms with E-state index >= 15 is 0 Å². The van der Waals surface area contributed by atoms with Gasteiger partial charge in [0, 0.05) is 0 Å². The van der Waals surface area contributed by atoms with Gasteiger partial charge in [-0.1, -0.05) is 54.6 Å². The molecular formula is C21H26N2O2. The van der Waals surface area contributed by atoms with Crippen LogP contribution in [0.25, 0.3) is 0 Å². The fraction of sp³-hybridized carbons (Fsp3) is 0.381. The molecule has 0 bridgehead atoms. The molecule has 1 aliphatic carbocycles. The molecule has 0 aromatic heterocycles. The third kappa shape index (κ3) is 4.68. The van der Waals surface area contributed by atoms with Crippen molar-refractivity contribution in [2.45, 2.75) is 38.0 Å². The van der Waals surface area contributed by atoms with E-state index in [1.807, 2.05) is 36.4 Å². The second-order valence-electron chi connectivity index (χ2n) is 6.49. The van der Waals surface area contributed by atoms with E-state index < -0.39 is 0 Å². The van der Waals surface area contributed by atoms with E-state index in [0.717, 1.165) is 24.8 Å². The van der Waals surface area contributed by atoms with Crippen molar-refractivity contribution in [3.63, 3.8) is 0 Å². The Morgan fingerprint density at radius 3 is 2.72 bits per heavy atom. The van der Waals surface area contributed by atoms with E-state index in [9.17, 15) is 4.79 Å². The van der Waals surface area contributed by atoms with Crippen molar-refractivity contribution < 1.29 is 9.53 Å². The van der Waals surface area contributed by atoms with Crippen LogP contribution in [0.3, 0.4) is 0 Å². The van der Waals surface area contributed by atoms with Crippen molar-refractivity contribution in [3.05, 3.63) is 71.3 Å². The normalized spacial score (nSPS) is 17.6. The van der Waals surface area contributed by atoms with Gasteiger partial charge in [-0.25, -0.2) is 0 Å². The fourth-order valence-electron chi connectivity index (χ4n) is 3.34. The molecule has 0 fully saturated rings. The Morgan fingerprint density at radius 1 is 1.16 bits per heavy atom. The zero-order valence-electron chi connectivity index (χ0n) is 14.7. The van der Waals surface area contributed by atoms with Crippen LogP contribution in [0, 0.1) is 0 Å². The van der Waals surface area contributed by atoms with Crippen LogP contribution >= 0.6 is 0 Å². The molecule has 2 aromatic carbocycles. The van der Waals surface area contributed by atoms with E-state index in [1.54, 1.807) is 7.05 Å². The maximum absolute atomic E-state index is 12.6. The molecule has 0 spiro atoms. The number of carbonyl (C=O) groups excluding carboxylic acids is 1. The van der Waals surface area contributed by atoms with E-state index in [4.69, 9.17) is 4.74 Å². The van der Waals surface area contributed by atoms with Gasteiger partial charge in [0.25, 0.3) is 0 Å². The topological polar surface area (TPSA) is 50.4 Å². The molecule has 3 rings (SSSR count). The highest BCUT2D eigenvalue weighted by Crippen LogP contribution is 2.29. The van der Waals surface area contributed by atoms with Crippen LogP contribution in [-0.2, 0) is 22.6 Å². The second-order valence-corrected chi connectivity index (χ2v) is 6.49. The predicted octanol–water partition coefficient (Wildman–Crippen LogP) is 2.99. The SMILES string of the molecule is CN[C@@H](COCc1ccccc1)C(=O)NC1CCCc2ccccc21. The van der Waals surface area contributed by atoms with Crippen LogP contribution in [0.1, 0.15) is 35.6 Å². The minimum Gasteiger partial charge on any atom is -0.375 e. The first kappa shape index (κ1) is 17.6. The summed E-state index contributed by atoms with van der Waals surface area (Å²) in [6.07, 6.45) is 3.19. The molecule has 0 saturated heterocycles. The number of ether oxygens (including phenoxy) is 1. The Morgan fingerprint density at radius 2 is 1.92 bits per heavy atom. The molecule has 4 nitrogen and oxygen atoms in total. The van der Waals surface area contributed by atoms with Gasteiger partial charge in [0.1, 0.15) is 6.04 Å². The van der Waals surface area contributed by atoms with Gasteiger partial charge in [0.05, 0.1) is 19.3 Å². The molecule has 4 heteroatoms. The van der Waals surface area contributed by atoms with Gasteiger partial charge in [-0.3, -0.25) is 4.79 Å². The Hall–Kier alpha value is -2.17. The summed E-state index contributed by atoms with van der Waals surface area (Å²) in [5.41, 5.74) is 3.71. The Kier molecular flexibility index (Phi) is 6.20. The zero-order chi connectivity index (χ0) is 17.5. The summed E-state index contributed by atoms with van der Waals surface area (Å²) in [6.45, 7) is 0.865. The maximum atomic E-state index is 12.6. The summed E-state index contributed by atoms with van der Waals surface area (Å²) in [6, 6.07) is 18.1. The first-order valence-corrected chi connectivity index (χ1v) is 8.95. The fourth-order valence-corrected chi connectivity index (χ4v) is 3.34. The number of carbonyl (C=O) groups is 1. The van der Waals surface area contributed by atoms with Crippen LogP contribution in [-0.4, -0.2) is 25.6 Å². The molecule has 1 aliphatic rings. The summed E-state index contributed by atoms with van der Waals surface area (Å²) in [4.78, 5) is 12.6. The van der Waals surface area contributed by atoms with Crippen LogP contribution in [0.15, 0.2) is 54.6 Å². The first-order valence-electron chi connectivity index (χ1n) is 8.95. The largest absolute Gasteiger partial charge is 0.375 e. The quantitative estimate of drug-likeness (QED) is 0.816. The highest BCUT2D eigenvalue weighted by molar-refractivity contribution is 5.82. The molecule has 2 N–H and O–H groups in total. The van der Waals surface area contributed by atoms with Gasteiger partial charge < -0.3 is 15.4 Å². The highest BCUT2D eigenvalue weighted by Gasteiger charge is 2.24. The number of aryl methyl sites for hydroxylation is 1. The van der Waals surface area contributed by atoms with Gasteiger partial charge in [-0.05, 0) is 43.0 Å². The number of hydrogen-bond acceptors (Lipinski definition) is 3. The molecular weight excluding hydrogens is 312 g/mol. The van der Waals surface area contributed by atoms with Crippen molar-refractivity contribution in [2.75, 3.05) is 13.7 Å². The van der Waals surface area contributed by atoms with Crippen molar-refractivity contribution >= 4 is 5.91 Å². The summed E-state index contributed by atoms with van der Waals surface area (Å²) < 4.78 is 5.73. The lowest BCUT2D eigenvalue weighted by Crippen LogP contribution is -2.47. The van der Waals surface area contributed by atoms with Gasteiger partial charge in [0.2, 0.25) is 5.91 Å². The second kappa shape index (κ2) is 8.79.